The highest BCUT2D eigenvalue weighted by Gasteiger charge is 2.23. The van der Waals surface area contributed by atoms with Gasteiger partial charge in [-0.1, -0.05) is 74.0 Å². The van der Waals surface area contributed by atoms with E-state index in [1.807, 2.05) is 74.5 Å². The number of nitrogens with one attached hydrogen (secondary N) is 2. The zero-order chi connectivity index (χ0) is 24.2. The van der Waals surface area contributed by atoms with Crippen LogP contribution in [0, 0.1) is 12.8 Å². The molecule has 2 aromatic heterocycles. The van der Waals surface area contributed by atoms with Gasteiger partial charge in [-0.2, -0.15) is 10.2 Å². The lowest BCUT2D eigenvalue weighted by Gasteiger charge is -2.08. The van der Waals surface area contributed by atoms with E-state index in [2.05, 4.69) is 21.0 Å². The minimum absolute atomic E-state index is 0.228. The zero-order valence-electron chi connectivity index (χ0n) is 19.1. The first-order chi connectivity index (χ1) is 16.3. The van der Waals surface area contributed by atoms with Crippen LogP contribution in [0.5, 0.6) is 0 Å². The molecule has 0 spiro atoms. The van der Waals surface area contributed by atoms with Crippen molar-refractivity contribution in [2.45, 2.75) is 27.3 Å². The molecule has 2 aromatic carbocycles. The Balaban J connectivity index is 1.58. The summed E-state index contributed by atoms with van der Waals surface area (Å²) in [5, 5.41) is 9.21. The van der Waals surface area contributed by atoms with Crippen molar-refractivity contribution in [1.29, 1.82) is 0 Å². The minimum atomic E-state index is -0.539. The number of hydrogen-bond acceptors (Lipinski definition) is 4. The number of para-hydroxylation sites is 1. The second kappa shape index (κ2) is 9.93. The third-order valence-electron chi connectivity index (χ3n) is 5.15. The molecule has 0 aliphatic heterocycles. The van der Waals surface area contributed by atoms with E-state index in [0.717, 1.165) is 11.3 Å². The molecule has 2 N–H and O–H groups in total. The third-order valence-corrected chi connectivity index (χ3v) is 5.53. The van der Waals surface area contributed by atoms with Gasteiger partial charge < -0.3 is 0 Å². The summed E-state index contributed by atoms with van der Waals surface area (Å²) >= 11 is 6.39. The molecular weight excluding hydrogens is 452 g/mol. The van der Waals surface area contributed by atoms with Crippen LogP contribution in [-0.4, -0.2) is 31.4 Å². The summed E-state index contributed by atoms with van der Waals surface area (Å²) in [6.07, 6.45) is 1.64. The van der Waals surface area contributed by atoms with Gasteiger partial charge in [0, 0.05) is 18.3 Å². The molecule has 0 bridgehead atoms. The number of hydrogen-bond donors (Lipinski definition) is 2. The molecule has 0 saturated heterocycles. The monoisotopic (exact) mass is 476 g/mol. The van der Waals surface area contributed by atoms with Gasteiger partial charge in [0.05, 0.1) is 16.9 Å². The molecule has 9 heteroatoms. The molecule has 0 aliphatic carbocycles. The maximum atomic E-state index is 13.1. The summed E-state index contributed by atoms with van der Waals surface area (Å²) < 4.78 is 3.23. The van der Waals surface area contributed by atoms with Gasteiger partial charge in [0.25, 0.3) is 11.8 Å². The van der Waals surface area contributed by atoms with Gasteiger partial charge in [-0.25, -0.2) is 4.68 Å². The Hall–Kier alpha value is -3.91. The molecule has 174 valence electrons. The second-order valence-electron chi connectivity index (χ2n) is 8.27. The molecule has 0 fully saturated rings. The van der Waals surface area contributed by atoms with Crippen LogP contribution < -0.4 is 10.9 Å². The van der Waals surface area contributed by atoms with Gasteiger partial charge in [0.1, 0.15) is 16.4 Å². The van der Waals surface area contributed by atoms with E-state index in [1.165, 1.54) is 0 Å². The van der Waals surface area contributed by atoms with Gasteiger partial charge >= 0.3 is 0 Å². The third kappa shape index (κ3) is 4.87. The van der Waals surface area contributed by atoms with Crippen LogP contribution >= 0.6 is 11.6 Å². The van der Waals surface area contributed by atoms with Crippen molar-refractivity contribution in [2.24, 2.45) is 5.92 Å². The van der Waals surface area contributed by atoms with Gasteiger partial charge in [-0.15, -0.1) is 0 Å². The zero-order valence-corrected chi connectivity index (χ0v) is 19.9. The van der Waals surface area contributed by atoms with Gasteiger partial charge in [0.2, 0.25) is 0 Å². The van der Waals surface area contributed by atoms with E-state index in [0.29, 0.717) is 29.4 Å². The highest BCUT2D eigenvalue weighted by Crippen LogP contribution is 2.24. The summed E-state index contributed by atoms with van der Waals surface area (Å²) in [7, 11) is 0. The molecule has 2 amide bonds. The highest BCUT2D eigenvalue weighted by molar-refractivity contribution is 6.33. The molecular formula is C25H25ClN6O2. The van der Waals surface area contributed by atoms with Crippen LogP contribution in [0.15, 0.2) is 66.9 Å². The summed E-state index contributed by atoms with van der Waals surface area (Å²) in [5.74, 6) is -0.731. The quantitative estimate of drug-likeness (QED) is 0.402. The number of rotatable bonds is 6. The number of benzene rings is 2. The lowest BCUT2D eigenvalue weighted by Crippen LogP contribution is -2.42. The van der Waals surface area contributed by atoms with E-state index in [9.17, 15) is 9.59 Å². The molecule has 34 heavy (non-hydrogen) atoms. The van der Waals surface area contributed by atoms with Gasteiger partial charge in [-0.3, -0.25) is 25.1 Å². The molecule has 4 rings (SSSR count). The smallest absolute Gasteiger partial charge is 0.267 e. The summed E-state index contributed by atoms with van der Waals surface area (Å²) in [6.45, 7) is 6.36. The first kappa shape index (κ1) is 23.3. The maximum Gasteiger partial charge on any atom is 0.274 e. The van der Waals surface area contributed by atoms with Crippen molar-refractivity contribution >= 4 is 23.4 Å². The number of halogens is 1. The summed E-state index contributed by atoms with van der Waals surface area (Å²) in [5.41, 5.74) is 8.06. The van der Waals surface area contributed by atoms with Crippen LogP contribution in [0.3, 0.4) is 0 Å². The first-order valence-corrected chi connectivity index (χ1v) is 11.3. The van der Waals surface area contributed by atoms with Crippen molar-refractivity contribution in [2.75, 3.05) is 0 Å². The molecule has 0 radical (unpaired) electrons. The molecule has 0 saturated carbocycles. The van der Waals surface area contributed by atoms with Crippen LogP contribution in [0.4, 0.5) is 0 Å². The Kier molecular flexibility index (Phi) is 6.79. The number of hydrazine groups is 1. The predicted octanol–water partition coefficient (Wildman–Crippen LogP) is 4.43. The molecule has 0 aliphatic rings. The Labute approximate surface area is 202 Å². The van der Waals surface area contributed by atoms with Crippen LogP contribution in [0.1, 0.15) is 40.3 Å². The van der Waals surface area contributed by atoms with Crippen molar-refractivity contribution in [3.05, 3.63) is 88.8 Å². The Morgan fingerprint density at radius 1 is 0.941 bits per heavy atom. The summed E-state index contributed by atoms with van der Waals surface area (Å²) in [4.78, 5) is 25.9. The van der Waals surface area contributed by atoms with Crippen molar-refractivity contribution < 1.29 is 9.59 Å². The first-order valence-electron chi connectivity index (χ1n) is 10.9. The van der Waals surface area contributed by atoms with E-state index in [1.54, 1.807) is 22.5 Å². The fraction of sp³-hybridized carbons (Fsp3) is 0.200. The normalized spacial score (nSPS) is 11.0. The number of amides is 2. The number of nitrogens with zero attached hydrogens (tertiary/aromatic N) is 4. The number of carbonyl (C=O) groups excluding carboxylic acids is 2. The molecule has 0 unspecified atom stereocenters. The van der Waals surface area contributed by atoms with Crippen LogP contribution in [-0.2, 0) is 6.54 Å². The van der Waals surface area contributed by atoms with Gasteiger partial charge in [-0.05, 0) is 25.0 Å². The van der Waals surface area contributed by atoms with Crippen molar-refractivity contribution in [1.82, 2.24) is 30.4 Å². The number of aromatic nitrogens is 4. The Morgan fingerprint density at radius 2 is 1.56 bits per heavy atom. The van der Waals surface area contributed by atoms with E-state index >= 15 is 0 Å². The van der Waals surface area contributed by atoms with Crippen LogP contribution in [0.2, 0.25) is 5.15 Å². The Bertz CT molecular complexity index is 1310. The largest absolute Gasteiger partial charge is 0.274 e. The fourth-order valence-corrected chi connectivity index (χ4v) is 3.91. The van der Waals surface area contributed by atoms with Crippen molar-refractivity contribution in [3.63, 3.8) is 0 Å². The average molecular weight is 477 g/mol. The maximum absolute atomic E-state index is 13.1. The Morgan fingerprint density at radius 3 is 2.21 bits per heavy atom. The standard InChI is InChI=1S/C25H25ClN6O2/c1-16(2)14-32-23(26)21(17(3)29-32)25(34)28-27-24(33)20-15-31(19-12-8-5-9-13-19)30-22(20)18-10-6-4-7-11-18/h4-13,15-16H,14H2,1-3H3,(H,27,33)(H,28,34). The fourth-order valence-electron chi connectivity index (χ4n) is 3.58. The topological polar surface area (TPSA) is 93.8 Å². The summed E-state index contributed by atoms with van der Waals surface area (Å²) in [6, 6.07) is 18.9. The lowest BCUT2D eigenvalue weighted by atomic mass is 10.1. The number of aryl methyl sites for hydroxylation is 1. The van der Waals surface area contributed by atoms with Gasteiger partial charge in [0.15, 0.2) is 0 Å². The molecule has 4 aromatic rings. The van der Waals surface area contributed by atoms with Crippen LogP contribution in [0.25, 0.3) is 16.9 Å². The van der Waals surface area contributed by atoms with E-state index < -0.39 is 11.8 Å². The lowest BCUT2D eigenvalue weighted by molar-refractivity contribution is 0.0846. The minimum Gasteiger partial charge on any atom is -0.267 e. The molecule has 8 nitrogen and oxygen atoms in total. The average Bonchev–Trinajstić information content (AvgIpc) is 3.39. The van der Waals surface area contributed by atoms with Crippen molar-refractivity contribution in [3.8, 4) is 16.9 Å². The second-order valence-corrected chi connectivity index (χ2v) is 8.63. The van der Waals surface area contributed by atoms with E-state index in [-0.39, 0.29) is 10.7 Å². The highest BCUT2D eigenvalue weighted by atomic mass is 35.5. The molecule has 0 atom stereocenters. The SMILES string of the molecule is Cc1nn(CC(C)C)c(Cl)c1C(=O)NNC(=O)c1cn(-c2ccccc2)nc1-c1ccccc1. The number of carbonyl (C=O) groups is 2. The molecule has 2 heterocycles. The predicted molar refractivity (Wildman–Crippen MR) is 131 cm³/mol. The van der Waals surface area contributed by atoms with E-state index in [4.69, 9.17) is 11.6 Å².